The number of aromatic nitrogens is 1. The maximum Gasteiger partial charge on any atom is 0.347 e. The summed E-state index contributed by atoms with van der Waals surface area (Å²) in [6, 6.07) is 0. The highest BCUT2D eigenvalue weighted by Crippen LogP contribution is 2.32. The molecule has 1 aromatic rings. The number of aromatic carboxylic acids is 1. The topological polar surface area (TPSA) is 50.2 Å². The Labute approximate surface area is 122 Å². The third kappa shape index (κ3) is 4.21. The van der Waals surface area contributed by atoms with E-state index in [2.05, 4.69) is 11.9 Å². The van der Waals surface area contributed by atoms with Gasteiger partial charge in [-0.3, -0.25) is 0 Å². The van der Waals surface area contributed by atoms with Crippen LogP contribution in [0, 0.1) is 0 Å². The third-order valence-electron chi connectivity index (χ3n) is 3.42. The van der Waals surface area contributed by atoms with Crippen molar-refractivity contribution >= 4 is 29.1 Å². The van der Waals surface area contributed by atoms with Crippen LogP contribution in [-0.2, 0) is 12.2 Å². The van der Waals surface area contributed by atoms with Crippen molar-refractivity contribution < 1.29 is 9.90 Å². The summed E-state index contributed by atoms with van der Waals surface area (Å²) in [7, 11) is 0. The van der Waals surface area contributed by atoms with Crippen molar-refractivity contribution in [1.82, 2.24) is 4.98 Å². The lowest BCUT2D eigenvalue weighted by atomic mass is 10.0. The molecule has 0 unspecified atom stereocenters. The van der Waals surface area contributed by atoms with E-state index >= 15 is 0 Å². The minimum Gasteiger partial charge on any atom is -0.477 e. The Morgan fingerprint density at radius 3 is 2.79 bits per heavy atom. The molecule has 2 rings (SSSR count). The van der Waals surface area contributed by atoms with E-state index in [1.54, 1.807) is 0 Å². The molecular weight excluding hydrogens is 278 g/mol. The molecule has 1 aromatic heterocycles. The van der Waals surface area contributed by atoms with Gasteiger partial charge in [0.2, 0.25) is 0 Å². The summed E-state index contributed by atoms with van der Waals surface area (Å²) in [6.45, 7) is 2.06. The van der Waals surface area contributed by atoms with Gasteiger partial charge in [-0.05, 0) is 19.3 Å². The highest BCUT2D eigenvalue weighted by atomic mass is 32.2. The highest BCUT2D eigenvalue weighted by Gasteiger charge is 2.18. The molecule has 106 valence electrons. The first kappa shape index (κ1) is 14.9. The number of carboxylic acid groups (broad SMARTS) is 1. The van der Waals surface area contributed by atoms with Gasteiger partial charge in [0.15, 0.2) is 0 Å². The summed E-state index contributed by atoms with van der Waals surface area (Å²) in [4.78, 5) is 16.1. The molecule has 1 heterocycles. The number of rotatable bonds is 6. The minimum atomic E-state index is -0.824. The maximum atomic E-state index is 11.2. The number of aryl methyl sites for hydroxylation is 1. The third-order valence-corrected chi connectivity index (χ3v) is 6.07. The predicted molar refractivity (Wildman–Crippen MR) is 81.2 cm³/mol. The van der Waals surface area contributed by atoms with Crippen molar-refractivity contribution in [1.29, 1.82) is 0 Å². The van der Waals surface area contributed by atoms with Crippen molar-refractivity contribution in [3.63, 3.8) is 0 Å². The SMILES string of the molecule is CCCc1nc(CSC2CCCCC2)sc1C(=O)O. The van der Waals surface area contributed by atoms with Gasteiger partial charge in [0.1, 0.15) is 9.88 Å². The molecule has 0 aromatic carbocycles. The van der Waals surface area contributed by atoms with Gasteiger partial charge >= 0.3 is 5.97 Å². The van der Waals surface area contributed by atoms with Crippen LogP contribution in [-0.4, -0.2) is 21.3 Å². The maximum absolute atomic E-state index is 11.2. The van der Waals surface area contributed by atoms with E-state index in [9.17, 15) is 9.90 Å². The summed E-state index contributed by atoms with van der Waals surface area (Å²) < 4.78 is 0. The van der Waals surface area contributed by atoms with Crippen LogP contribution in [0.4, 0.5) is 0 Å². The number of hydrogen-bond acceptors (Lipinski definition) is 4. The molecule has 1 saturated carbocycles. The lowest BCUT2D eigenvalue weighted by Crippen LogP contribution is -2.08. The first-order valence-electron chi connectivity index (χ1n) is 7.04. The minimum absolute atomic E-state index is 0.445. The smallest absolute Gasteiger partial charge is 0.347 e. The van der Waals surface area contributed by atoms with Gasteiger partial charge in [0.05, 0.1) is 5.69 Å². The van der Waals surface area contributed by atoms with E-state index in [-0.39, 0.29) is 0 Å². The predicted octanol–water partition coefficient (Wildman–Crippen LogP) is 4.36. The van der Waals surface area contributed by atoms with Crippen LogP contribution in [0.5, 0.6) is 0 Å². The Balaban J connectivity index is 1.95. The molecule has 19 heavy (non-hydrogen) atoms. The van der Waals surface area contributed by atoms with Gasteiger partial charge in [0, 0.05) is 11.0 Å². The monoisotopic (exact) mass is 299 g/mol. The van der Waals surface area contributed by atoms with Crippen LogP contribution in [0.3, 0.4) is 0 Å². The zero-order valence-corrected chi connectivity index (χ0v) is 13.0. The van der Waals surface area contributed by atoms with E-state index < -0.39 is 5.97 Å². The van der Waals surface area contributed by atoms with Gasteiger partial charge in [-0.15, -0.1) is 11.3 Å². The van der Waals surface area contributed by atoms with Gasteiger partial charge in [0.25, 0.3) is 0 Å². The van der Waals surface area contributed by atoms with Crippen LogP contribution in [0.2, 0.25) is 0 Å². The molecule has 1 N–H and O–H groups in total. The fraction of sp³-hybridized carbons (Fsp3) is 0.714. The Hall–Kier alpha value is -0.550. The zero-order chi connectivity index (χ0) is 13.7. The van der Waals surface area contributed by atoms with Crippen molar-refractivity contribution in [2.45, 2.75) is 62.9 Å². The summed E-state index contributed by atoms with van der Waals surface area (Å²) in [5.41, 5.74) is 0.777. The van der Waals surface area contributed by atoms with Crippen LogP contribution in [0.15, 0.2) is 0 Å². The molecule has 3 nitrogen and oxygen atoms in total. The molecule has 0 saturated heterocycles. The number of hydrogen-bond donors (Lipinski definition) is 1. The van der Waals surface area contributed by atoms with Gasteiger partial charge in [-0.2, -0.15) is 11.8 Å². The molecule has 5 heteroatoms. The number of thioether (sulfide) groups is 1. The fourth-order valence-electron chi connectivity index (χ4n) is 2.46. The van der Waals surface area contributed by atoms with E-state index in [4.69, 9.17) is 0 Å². The van der Waals surface area contributed by atoms with Crippen molar-refractivity contribution in [3.8, 4) is 0 Å². The lowest BCUT2D eigenvalue weighted by molar-refractivity contribution is 0.0700. The van der Waals surface area contributed by atoms with E-state index in [1.165, 1.54) is 43.4 Å². The van der Waals surface area contributed by atoms with Crippen molar-refractivity contribution in [3.05, 3.63) is 15.6 Å². The Morgan fingerprint density at radius 2 is 2.16 bits per heavy atom. The summed E-state index contributed by atoms with van der Waals surface area (Å²) in [5, 5.41) is 10.9. The standard InChI is InChI=1S/C14H21NO2S2/c1-2-6-11-13(14(16)17)19-12(15-11)9-18-10-7-4-3-5-8-10/h10H,2-9H2,1H3,(H,16,17). The summed E-state index contributed by atoms with van der Waals surface area (Å²) in [6.07, 6.45) is 8.39. The Bertz CT molecular complexity index is 425. The van der Waals surface area contributed by atoms with Crippen LogP contribution >= 0.6 is 23.1 Å². The summed E-state index contributed by atoms with van der Waals surface area (Å²) in [5.74, 6) is 0.0501. The van der Waals surface area contributed by atoms with E-state index in [0.29, 0.717) is 4.88 Å². The van der Waals surface area contributed by atoms with Crippen molar-refractivity contribution in [2.24, 2.45) is 0 Å². The molecule has 0 aliphatic heterocycles. The molecule has 1 fully saturated rings. The second-order valence-corrected chi connectivity index (χ2v) is 7.38. The molecule has 1 aliphatic rings. The Morgan fingerprint density at radius 1 is 1.42 bits per heavy atom. The zero-order valence-electron chi connectivity index (χ0n) is 11.4. The summed E-state index contributed by atoms with van der Waals surface area (Å²) >= 11 is 3.32. The average Bonchev–Trinajstić information content (AvgIpc) is 2.81. The van der Waals surface area contributed by atoms with Crippen LogP contribution in [0.25, 0.3) is 0 Å². The average molecular weight is 299 g/mol. The number of carbonyl (C=O) groups is 1. The molecular formula is C14H21NO2S2. The normalized spacial score (nSPS) is 16.7. The highest BCUT2D eigenvalue weighted by molar-refractivity contribution is 7.99. The molecule has 1 aliphatic carbocycles. The second kappa shape index (κ2) is 7.29. The quantitative estimate of drug-likeness (QED) is 0.848. The fourth-order valence-corrected chi connectivity index (χ4v) is 4.75. The van der Waals surface area contributed by atoms with E-state index in [0.717, 1.165) is 34.5 Å². The number of nitrogens with zero attached hydrogens (tertiary/aromatic N) is 1. The van der Waals surface area contributed by atoms with Gasteiger partial charge in [-0.1, -0.05) is 32.6 Å². The molecule has 0 spiro atoms. The molecule has 0 amide bonds. The van der Waals surface area contributed by atoms with Gasteiger partial charge in [-0.25, -0.2) is 9.78 Å². The van der Waals surface area contributed by atoms with Gasteiger partial charge < -0.3 is 5.11 Å². The van der Waals surface area contributed by atoms with Crippen molar-refractivity contribution in [2.75, 3.05) is 0 Å². The van der Waals surface area contributed by atoms with Crippen LogP contribution < -0.4 is 0 Å². The first-order valence-corrected chi connectivity index (χ1v) is 8.90. The molecule has 0 atom stereocenters. The number of thiazole rings is 1. The molecule has 0 radical (unpaired) electrons. The Kier molecular flexibility index (Phi) is 5.70. The lowest BCUT2D eigenvalue weighted by Gasteiger charge is -2.20. The second-order valence-electron chi connectivity index (χ2n) is 5.01. The first-order chi connectivity index (χ1) is 9.20. The largest absolute Gasteiger partial charge is 0.477 e. The van der Waals surface area contributed by atoms with E-state index in [1.807, 2.05) is 11.8 Å². The van der Waals surface area contributed by atoms with Crippen LogP contribution in [0.1, 0.15) is 65.8 Å². The number of carboxylic acids is 1. The molecule has 0 bridgehead atoms.